The number of carbonyl (C=O) groups is 1. The van der Waals surface area contributed by atoms with E-state index in [1.807, 2.05) is 91.8 Å². The Morgan fingerprint density at radius 1 is 0.853 bits per heavy atom. The molecule has 0 fully saturated rings. The van der Waals surface area contributed by atoms with E-state index in [2.05, 4.69) is 4.90 Å². The highest BCUT2D eigenvalue weighted by Crippen LogP contribution is 2.28. The fourth-order valence-electron chi connectivity index (χ4n) is 3.64. The van der Waals surface area contributed by atoms with Gasteiger partial charge in [0.1, 0.15) is 5.69 Å². The van der Waals surface area contributed by atoms with Gasteiger partial charge in [0.05, 0.1) is 21.4 Å². The molecule has 3 aromatic carbocycles. The first-order valence-electron chi connectivity index (χ1n) is 11.0. The number of hydrogen-bond donors (Lipinski definition) is 0. The van der Waals surface area contributed by atoms with E-state index in [1.54, 1.807) is 16.8 Å². The van der Waals surface area contributed by atoms with Gasteiger partial charge in [0.2, 0.25) is 0 Å². The average molecular weight is 493 g/mol. The van der Waals surface area contributed by atoms with Gasteiger partial charge in [-0.2, -0.15) is 5.10 Å². The Balaban J connectivity index is 1.78. The minimum Gasteiger partial charge on any atom is -0.332 e. The highest BCUT2D eigenvalue weighted by atomic mass is 35.5. The van der Waals surface area contributed by atoms with Crippen molar-refractivity contribution in [3.05, 3.63) is 106 Å². The minimum absolute atomic E-state index is 0.105. The van der Waals surface area contributed by atoms with Gasteiger partial charge in [-0.3, -0.25) is 4.79 Å². The second kappa shape index (κ2) is 10.9. The fourth-order valence-corrected chi connectivity index (χ4v) is 3.93. The van der Waals surface area contributed by atoms with Gasteiger partial charge in [-0.1, -0.05) is 83.9 Å². The van der Waals surface area contributed by atoms with Crippen LogP contribution >= 0.6 is 23.2 Å². The zero-order valence-corrected chi connectivity index (χ0v) is 20.7. The monoisotopic (exact) mass is 492 g/mol. The maximum absolute atomic E-state index is 13.9. The molecule has 1 aromatic heterocycles. The molecule has 0 aliphatic carbocycles. The SMILES string of the molecule is CN(C)CCN(Cc1ccccc1)C(=O)c1cc(-c2ccccc2)nn1-c1ccc(Cl)c(Cl)c1. The fraction of sp³-hybridized carbons (Fsp3) is 0.185. The van der Waals surface area contributed by atoms with Crippen molar-refractivity contribution in [1.29, 1.82) is 0 Å². The average Bonchev–Trinajstić information content (AvgIpc) is 3.30. The van der Waals surface area contributed by atoms with Crippen LogP contribution in [0, 0.1) is 0 Å². The van der Waals surface area contributed by atoms with Crippen molar-refractivity contribution in [1.82, 2.24) is 19.6 Å². The van der Waals surface area contributed by atoms with Gasteiger partial charge in [0.15, 0.2) is 0 Å². The zero-order chi connectivity index (χ0) is 24.1. The van der Waals surface area contributed by atoms with Gasteiger partial charge in [0, 0.05) is 25.2 Å². The van der Waals surface area contributed by atoms with Gasteiger partial charge in [-0.05, 0) is 43.9 Å². The lowest BCUT2D eigenvalue weighted by Crippen LogP contribution is -2.37. The van der Waals surface area contributed by atoms with Crippen molar-refractivity contribution in [3.8, 4) is 16.9 Å². The molecule has 0 saturated carbocycles. The Bertz CT molecular complexity index is 1260. The molecule has 7 heteroatoms. The first kappa shape index (κ1) is 24.0. The van der Waals surface area contributed by atoms with Crippen molar-refractivity contribution < 1.29 is 4.79 Å². The van der Waals surface area contributed by atoms with Crippen molar-refractivity contribution in [2.75, 3.05) is 27.2 Å². The Labute approximate surface area is 210 Å². The predicted molar refractivity (Wildman–Crippen MR) is 139 cm³/mol. The van der Waals surface area contributed by atoms with E-state index in [0.717, 1.165) is 17.7 Å². The van der Waals surface area contributed by atoms with Crippen LogP contribution < -0.4 is 0 Å². The highest BCUT2D eigenvalue weighted by molar-refractivity contribution is 6.42. The van der Waals surface area contributed by atoms with Crippen LogP contribution in [0.4, 0.5) is 0 Å². The summed E-state index contributed by atoms with van der Waals surface area (Å²) in [5.41, 5.74) is 3.85. The summed E-state index contributed by atoms with van der Waals surface area (Å²) in [6.45, 7) is 1.82. The molecule has 0 bridgehead atoms. The number of amides is 1. The number of likely N-dealkylation sites (N-methyl/N-ethyl adjacent to an activating group) is 1. The molecular weight excluding hydrogens is 467 g/mol. The van der Waals surface area contributed by atoms with E-state index in [-0.39, 0.29) is 5.91 Å². The van der Waals surface area contributed by atoms with Crippen LogP contribution in [0.1, 0.15) is 16.1 Å². The first-order valence-corrected chi connectivity index (χ1v) is 11.8. The highest BCUT2D eigenvalue weighted by Gasteiger charge is 2.23. The third kappa shape index (κ3) is 5.68. The minimum atomic E-state index is -0.105. The van der Waals surface area contributed by atoms with E-state index < -0.39 is 0 Å². The molecule has 4 aromatic rings. The summed E-state index contributed by atoms with van der Waals surface area (Å²) in [5, 5.41) is 5.64. The first-order chi connectivity index (χ1) is 16.4. The van der Waals surface area contributed by atoms with E-state index in [1.165, 1.54) is 0 Å². The van der Waals surface area contributed by atoms with E-state index in [9.17, 15) is 4.79 Å². The van der Waals surface area contributed by atoms with E-state index in [4.69, 9.17) is 28.3 Å². The third-order valence-electron chi connectivity index (χ3n) is 5.47. The van der Waals surface area contributed by atoms with Gasteiger partial charge < -0.3 is 9.80 Å². The summed E-state index contributed by atoms with van der Waals surface area (Å²) in [4.78, 5) is 17.9. The number of rotatable bonds is 8. The van der Waals surface area contributed by atoms with E-state index in [0.29, 0.717) is 40.2 Å². The smallest absolute Gasteiger partial charge is 0.272 e. The topological polar surface area (TPSA) is 41.4 Å². The molecule has 0 saturated heterocycles. The van der Waals surface area contributed by atoms with Crippen molar-refractivity contribution in [2.45, 2.75) is 6.54 Å². The molecule has 0 unspecified atom stereocenters. The van der Waals surface area contributed by atoms with Crippen LogP contribution in [-0.4, -0.2) is 52.7 Å². The van der Waals surface area contributed by atoms with Gasteiger partial charge in [0.25, 0.3) is 5.91 Å². The lowest BCUT2D eigenvalue weighted by atomic mass is 10.1. The number of nitrogens with zero attached hydrogens (tertiary/aromatic N) is 4. The maximum atomic E-state index is 13.9. The van der Waals surface area contributed by atoms with Crippen LogP contribution in [0.2, 0.25) is 10.0 Å². The Kier molecular flexibility index (Phi) is 7.68. The number of carbonyl (C=O) groups excluding carboxylic acids is 1. The summed E-state index contributed by atoms with van der Waals surface area (Å²) in [6.07, 6.45) is 0. The quantitative estimate of drug-likeness (QED) is 0.300. The van der Waals surface area contributed by atoms with Crippen molar-refractivity contribution >= 4 is 29.1 Å². The van der Waals surface area contributed by atoms with Crippen LogP contribution in [-0.2, 0) is 6.54 Å². The Morgan fingerprint density at radius 2 is 1.53 bits per heavy atom. The number of hydrogen-bond acceptors (Lipinski definition) is 3. The molecule has 0 spiro atoms. The summed E-state index contributed by atoms with van der Waals surface area (Å²) < 4.78 is 1.65. The summed E-state index contributed by atoms with van der Waals surface area (Å²) >= 11 is 12.4. The summed E-state index contributed by atoms with van der Waals surface area (Å²) in [5.74, 6) is -0.105. The van der Waals surface area contributed by atoms with Crippen LogP contribution in [0.3, 0.4) is 0 Å². The molecule has 5 nitrogen and oxygen atoms in total. The summed E-state index contributed by atoms with van der Waals surface area (Å²) in [7, 11) is 4.00. The Hall–Kier alpha value is -3.12. The molecule has 174 valence electrons. The molecular formula is C27H26Cl2N4O. The van der Waals surface area contributed by atoms with Crippen LogP contribution in [0.25, 0.3) is 16.9 Å². The van der Waals surface area contributed by atoms with Crippen molar-refractivity contribution in [2.24, 2.45) is 0 Å². The lowest BCUT2D eigenvalue weighted by molar-refractivity contribution is 0.0722. The molecule has 0 aliphatic heterocycles. The molecule has 34 heavy (non-hydrogen) atoms. The lowest BCUT2D eigenvalue weighted by Gasteiger charge is -2.25. The standard InChI is InChI=1S/C27H26Cl2N4O/c1-31(2)15-16-32(19-20-9-5-3-6-10-20)27(34)26-18-25(21-11-7-4-8-12-21)30-33(26)22-13-14-23(28)24(29)17-22/h3-14,17-18H,15-16,19H2,1-2H3. The second-order valence-electron chi connectivity index (χ2n) is 8.31. The number of benzene rings is 3. The Morgan fingerprint density at radius 3 is 2.18 bits per heavy atom. The van der Waals surface area contributed by atoms with Crippen LogP contribution in [0.5, 0.6) is 0 Å². The number of halogens is 2. The van der Waals surface area contributed by atoms with Gasteiger partial charge in [-0.15, -0.1) is 0 Å². The van der Waals surface area contributed by atoms with Gasteiger partial charge >= 0.3 is 0 Å². The van der Waals surface area contributed by atoms with E-state index >= 15 is 0 Å². The molecule has 4 rings (SSSR count). The number of aromatic nitrogens is 2. The van der Waals surface area contributed by atoms with Crippen LogP contribution in [0.15, 0.2) is 84.9 Å². The van der Waals surface area contributed by atoms with Gasteiger partial charge in [-0.25, -0.2) is 4.68 Å². The predicted octanol–water partition coefficient (Wildman–Crippen LogP) is 6.05. The van der Waals surface area contributed by atoms with Crippen molar-refractivity contribution in [3.63, 3.8) is 0 Å². The molecule has 1 heterocycles. The molecule has 0 aliphatic rings. The normalized spacial score (nSPS) is 11.1. The molecule has 0 radical (unpaired) electrons. The zero-order valence-electron chi connectivity index (χ0n) is 19.2. The molecule has 0 N–H and O–H groups in total. The molecule has 1 amide bonds. The molecule has 0 atom stereocenters. The summed E-state index contributed by atoms with van der Waals surface area (Å²) in [6, 6.07) is 26.9. The maximum Gasteiger partial charge on any atom is 0.272 e. The second-order valence-corrected chi connectivity index (χ2v) is 9.12. The largest absolute Gasteiger partial charge is 0.332 e. The third-order valence-corrected chi connectivity index (χ3v) is 6.21.